The Hall–Kier alpha value is -0.120. The number of aliphatic hydroxyl groups is 1. The second-order valence-electron chi connectivity index (χ2n) is 4.09. The first kappa shape index (κ1) is 9.44. The maximum Gasteiger partial charge on any atom is 0.0593 e. The molecule has 1 saturated heterocycles. The monoisotopic (exact) mass is 185 g/mol. The van der Waals surface area contributed by atoms with E-state index >= 15 is 0 Å². The molecular weight excluding hydrogens is 166 g/mol. The number of nitrogens with zero attached hydrogens (tertiary/aromatic N) is 1. The Kier molecular flexibility index (Phi) is 3.19. The van der Waals surface area contributed by atoms with Gasteiger partial charge in [-0.15, -0.1) is 0 Å². The summed E-state index contributed by atoms with van der Waals surface area (Å²) >= 11 is 0. The molecule has 1 saturated carbocycles. The SMILES string of the molecule is OCCN1CCOC[C@H]2CCC[C@@H]21. The van der Waals surface area contributed by atoms with Crippen LogP contribution in [0.2, 0.25) is 0 Å². The van der Waals surface area contributed by atoms with Crippen molar-refractivity contribution in [3.63, 3.8) is 0 Å². The Morgan fingerprint density at radius 1 is 1.38 bits per heavy atom. The van der Waals surface area contributed by atoms with Crippen molar-refractivity contribution in [3.8, 4) is 0 Å². The van der Waals surface area contributed by atoms with Crippen molar-refractivity contribution in [2.24, 2.45) is 5.92 Å². The first-order chi connectivity index (χ1) is 6.42. The van der Waals surface area contributed by atoms with Crippen molar-refractivity contribution in [2.45, 2.75) is 25.3 Å². The van der Waals surface area contributed by atoms with Gasteiger partial charge in [-0.2, -0.15) is 0 Å². The van der Waals surface area contributed by atoms with Gasteiger partial charge in [-0.05, 0) is 18.8 Å². The van der Waals surface area contributed by atoms with E-state index in [4.69, 9.17) is 9.84 Å². The predicted molar refractivity (Wildman–Crippen MR) is 50.6 cm³/mol. The van der Waals surface area contributed by atoms with Crippen molar-refractivity contribution < 1.29 is 9.84 Å². The molecule has 3 heteroatoms. The molecule has 0 bridgehead atoms. The third-order valence-electron chi connectivity index (χ3n) is 3.33. The lowest BCUT2D eigenvalue weighted by atomic mass is 10.0. The summed E-state index contributed by atoms with van der Waals surface area (Å²) in [6.07, 6.45) is 3.95. The van der Waals surface area contributed by atoms with Gasteiger partial charge in [0.05, 0.1) is 19.8 Å². The maximum atomic E-state index is 8.95. The zero-order chi connectivity index (χ0) is 9.10. The quantitative estimate of drug-likeness (QED) is 0.679. The average Bonchev–Trinajstić information content (AvgIpc) is 2.52. The van der Waals surface area contributed by atoms with Crippen LogP contribution >= 0.6 is 0 Å². The number of hydrogen-bond donors (Lipinski definition) is 1. The van der Waals surface area contributed by atoms with E-state index in [9.17, 15) is 0 Å². The standard InChI is InChI=1S/C10H19NO2/c12-6-4-11-5-7-13-8-9-2-1-3-10(9)11/h9-10,12H,1-8H2/t9-,10+/m1/s1. The Bertz CT molecular complexity index is 163. The third-order valence-corrected chi connectivity index (χ3v) is 3.33. The van der Waals surface area contributed by atoms with Crippen molar-refractivity contribution in [1.29, 1.82) is 0 Å². The molecule has 2 aliphatic rings. The van der Waals surface area contributed by atoms with Gasteiger partial charge in [0, 0.05) is 19.1 Å². The number of ether oxygens (including phenoxy) is 1. The van der Waals surface area contributed by atoms with Gasteiger partial charge >= 0.3 is 0 Å². The molecule has 3 nitrogen and oxygen atoms in total. The average molecular weight is 185 g/mol. The van der Waals surface area contributed by atoms with Crippen molar-refractivity contribution in [2.75, 3.05) is 32.9 Å². The molecule has 1 N–H and O–H groups in total. The molecule has 2 fully saturated rings. The fraction of sp³-hybridized carbons (Fsp3) is 1.00. The van der Waals surface area contributed by atoms with Crippen LogP contribution in [0.15, 0.2) is 0 Å². The minimum atomic E-state index is 0.281. The molecule has 0 amide bonds. The number of fused-ring (bicyclic) bond motifs is 1. The number of β-amino-alcohol motifs (C(OH)–C–C–N with tert-alkyl or cyclic N) is 1. The molecule has 2 atom stereocenters. The van der Waals surface area contributed by atoms with Gasteiger partial charge < -0.3 is 9.84 Å². The van der Waals surface area contributed by atoms with E-state index in [1.54, 1.807) is 0 Å². The second kappa shape index (κ2) is 4.40. The Labute approximate surface area is 79.7 Å². The lowest BCUT2D eigenvalue weighted by Gasteiger charge is -2.28. The zero-order valence-corrected chi connectivity index (χ0v) is 8.11. The highest BCUT2D eigenvalue weighted by Crippen LogP contribution is 2.31. The van der Waals surface area contributed by atoms with Crippen molar-refractivity contribution >= 4 is 0 Å². The van der Waals surface area contributed by atoms with Crippen LogP contribution in [0.3, 0.4) is 0 Å². The summed E-state index contributed by atoms with van der Waals surface area (Å²) in [5, 5.41) is 8.95. The fourth-order valence-electron chi connectivity index (χ4n) is 2.68. The summed E-state index contributed by atoms with van der Waals surface area (Å²) in [6.45, 7) is 3.88. The lowest BCUT2D eigenvalue weighted by Crippen LogP contribution is -2.39. The predicted octanol–water partition coefficient (Wildman–Crippen LogP) is 0.480. The van der Waals surface area contributed by atoms with Gasteiger partial charge in [-0.25, -0.2) is 0 Å². The number of aliphatic hydroxyl groups excluding tert-OH is 1. The summed E-state index contributed by atoms with van der Waals surface area (Å²) < 4.78 is 5.56. The molecule has 1 aliphatic heterocycles. The van der Waals surface area contributed by atoms with Crippen LogP contribution in [0.1, 0.15) is 19.3 Å². The van der Waals surface area contributed by atoms with Crippen LogP contribution in [-0.4, -0.2) is 49.0 Å². The highest BCUT2D eigenvalue weighted by atomic mass is 16.5. The van der Waals surface area contributed by atoms with E-state index < -0.39 is 0 Å². The topological polar surface area (TPSA) is 32.7 Å². The second-order valence-corrected chi connectivity index (χ2v) is 4.09. The molecule has 0 spiro atoms. The van der Waals surface area contributed by atoms with Crippen LogP contribution in [0.4, 0.5) is 0 Å². The van der Waals surface area contributed by atoms with Gasteiger partial charge in [0.1, 0.15) is 0 Å². The normalized spacial score (nSPS) is 35.8. The number of hydrogen-bond acceptors (Lipinski definition) is 3. The van der Waals surface area contributed by atoms with Crippen molar-refractivity contribution in [3.05, 3.63) is 0 Å². The molecule has 0 unspecified atom stereocenters. The molecule has 1 aliphatic carbocycles. The summed E-state index contributed by atoms with van der Waals surface area (Å²) in [5.74, 6) is 0.731. The van der Waals surface area contributed by atoms with E-state index in [0.29, 0.717) is 6.04 Å². The Morgan fingerprint density at radius 3 is 3.15 bits per heavy atom. The molecule has 1 heterocycles. The Morgan fingerprint density at radius 2 is 2.31 bits per heavy atom. The molecule has 2 rings (SSSR count). The molecule has 76 valence electrons. The van der Waals surface area contributed by atoms with Gasteiger partial charge in [0.15, 0.2) is 0 Å². The molecular formula is C10H19NO2. The Balaban J connectivity index is 1.98. The van der Waals surface area contributed by atoms with E-state index in [1.165, 1.54) is 19.3 Å². The van der Waals surface area contributed by atoms with Gasteiger partial charge in [-0.3, -0.25) is 4.90 Å². The van der Waals surface area contributed by atoms with Crippen LogP contribution in [-0.2, 0) is 4.74 Å². The summed E-state index contributed by atoms with van der Waals surface area (Å²) in [5.41, 5.74) is 0. The van der Waals surface area contributed by atoms with E-state index in [0.717, 1.165) is 32.2 Å². The van der Waals surface area contributed by atoms with Crippen LogP contribution in [0, 0.1) is 5.92 Å². The van der Waals surface area contributed by atoms with Gasteiger partial charge in [0.2, 0.25) is 0 Å². The smallest absolute Gasteiger partial charge is 0.0593 e. The highest BCUT2D eigenvalue weighted by Gasteiger charge is 2.33. The highest BCUT2D eigenvalue weighted by molar-refractivity contribution is 4.86. The summed E-state index contributed by atoms with van der Waals surface area (Å²) in [7, 11) is 0. The first-order valence-corrected chi connectivity index (χ1v) is 5.34. The number of rotatable bonds is 2. The van der Waals surface area contributed by atoms with Crippen LogP contribution in [0.25, 0.3) is 0 Å². The first-order valence-electron chi connectivity index (χ1n) is 5.34. The van der Waals surface area contributed by atoms with E-state index in [2.05, 4.69) is 4.90 Å². The largest absolute Gasteiger partial charge is 0.395 e. The van der Waals surface area contributed by atoms with Crippen LogP contribution < -0.4 is 0 Å². The zero-order valence-electron chi connectivity index (χ0n) is 8.11. The van der Waals surface area contributed by atoms with Gasteiger partial charge in [-0.1, -0.05) is 6.42 Å². The van der Waals surface area contributed by atoms with E-state index in [1.807, 2.05) is 0 Å². The van der Waals surface area contributed by atoms with Crippen molar-refractivity contribution in [1.82, 2.24) is 4.90 Å². The third kappa shape index (κ3) is 2.03. The van der Waals surface area contributed by atoms with Crippen LogP contribution in [0.5, 0.6) is 0 Å². The fourth-order valence-corrected chi connectivity index (χ4v) is 2.68. The summed E-state index contributed by atoms with van der Waals surface area (Å²) in [6, 6.07) is 0.689. The van der Waals surface area contributed by atoms with Gasteiger partial charge in [0.25, 0.3) is 0 Å². The molecule has 13 heavy (non-hydrogen) atoms. The summed E-state index contributed by atoms with van der Waals surface area (Å²) in [4.78, 5) is 2.41. The molecule has 0 aromatic rings. The van der Waals surface area contributed by atoms with E-state index in [-0.39, 0.29) is 6.61 Å². The lowest BCUT2D eigenvalue weighted by molar-refractivity contribution is 0.120. The maximum absolute atomic E-state index is 8.95. The minimum absolute atomic E-state index is 0.281. The minimum Gasteiger partial charge on any atom is -0.395 e. The molecule has 0 radical (unpaired) electrons. The molecule has 0 aromatic heterocycles. The molecule has 0 aromatic carbocycles.